The molecular weight excluding hydrogens is 370 g/mol. The van der Waals surface area contributed by atoms with Gasteiger partial charge in [0.1, 0.15) is 6.10 Å². The first-order chi connectivity index (χ1) is 10.6. The van der Waals surface area contributed by atoms with Crippen LogP contribution in [0.15, 0.2) is 41.0 Å². The highest BCUT2D eigenvalue weighted by atomic mass is 79.9. The molecule has 1 amide bonds. The summed E-state index contributed by atoms with van der Waals surface area (Å²) >= 11 is 9.48. The standard InChI is InChI=1S/C15H13BrClN3O2/c16-10-3-4-13(17)12(8-10)15(21)20-7-5-11(9-20)22-14-2-1-6-18-19-14/h1-4,6,8,11H,5,7,9H2. The topological polar surface area (TPSA) is 55.3 Å². The first-order valence-electron chi connectivity index (χ1n) is 6.82. The Morgan fingerprint density at radius 1 is 1.41 bits per heavy atom. The van der Waals surface area contributed by atoms with E-state index < -0.39 is 0 Å². The van der Waals surface area contributed by atoms with E-state index in [1.807, 2.05) is 6.07 Å². The second-order valence-electron chi connectivity index (χ2n) is 4.97. The lowest BCUT2D eigenvalue weighted by Gasteiger charge is -2.17. The van der Waals surface area contributed by atoms with E-state index in [1.54, 1.807) is 35.4 Å². The van der Waals surface area contributed by atoms with E-state index >= 15 is 0 Å². The van der Waals surface area contributed by atoms with Crippen LogP contribution < -0.4 is 4.74 Å². The van der Waals surface area contributed by atoms with Crippen LogP contribution in [0.5, 0.6) is 5.88 Å². The number of aromatic nitrogens is 2. The van der Waals surface area contributed by atoms with Gasteiger partial charge >= 0.3 is 0 Å². The largest absolute Gasteiger partial charge is 0.471 e. The van der Waals surface area contributed by atoms with E-state index in [-0.39, 0.29) is 12.0 Å². The molecule has 1 atom stereocenters. The lowest BCUT2D eigenvalue weighted by atomic mass is 10.2. The van der Waals surface area contributed by atoms with Crippen molar-refractivity contribution in [2.24, 2.45) is 0 Å². The fourth-order valence-corrected chi connectivity index (χ4v) is 2.92. The van der Waals surface area contributed by atoms with Crippen molar-refractivity contribution in [1.82, 2.24) is 15.1 Å². The van der Waals surface area contributed by atoms with Gasteiger partial charge in [-0.25, -0.2) is 0 Å². The number of amides is 1. The Balaban J connectivity index is 1.67. The summed E-state index contributed by atoms with van der Waals surface area (Å²) in [5, 5.41) is 8.12. The van der Waals surface area contributed by atoms with Crippen LogP contribution in [0.1, 0.15) is 16.8 Å². The SMILES string of the molecule is O=C(c1cc(Br)ccc1Cl)N1CCC(Oc2cccnn2)C1. The van der Waals surface area contributed by atoms with Gasteiger partial charge in [-0.05, 0) is 24.3 Å². The van der Waals surface area contributed by atoms with E-state index in [9.17, 15) is 4.79 Å². The number of nitrogens with zero attached hydrogens (tertiary/aromatic N) is 3. The zero-order valence-corrected chi connectivity index (χ0v) is 13.9. The molecule has 22 heavy (non-hydrogen) atoms. The molecule has 0 spiro atoms. The molecule has 7 heteroatoms. The maximum absolute atomic E-state index is 12.6. The molecule has 3 rings (SSSR count). The molecule has 1 aliphatic heterocycles. The van der Waals surface area contributed by atoms with Gasteiger partial charge < -0.3 is 9.64 Å². The highest BCUT2D eigenvalue weighted by Gasteiger charge is 2.29. The Hall–Kier alpha value is -1.66. The lowest BCUT2D eigenvalue weighted by Crippen LogP contribution is -2.31. The van der Waals surface area contributed by atoms with Crippen molar-refractivity contribution < 1.29 is 9.53 Å². The number of ether oxygens (including phenoxy) is 1. The Bertz CT molecular complexity index is 684. The quantitative estimate of drug-likeness (QED) is 0.818. The summed E-state index contributed by atoms with van der Waals surface area (Å²) in [6.07, 6.45) is 2.27. The Morgan fingerprint density at radius 3 is 3.05 bits per heavy atom. The summed E-state index contributed by atoms with van der Waals surface area (Å²) in [6.45, 7) is 1.14. The van der Waals surface area contributed by atoms with Crippen molar-refractivity contribution in [1.29, 1.82) is 0 Å². The summed E-state index contributed by atoms with van der Waals surface area (Å²) in [5.74, 6) is 0.388. The van der Waals surface area contributed by atoms with E-state index in [2.05, 4.69) is 26.1 Å². The van der Waals surface area contributed by atoms with Crippen LogP contribution in [0.25, 0.3) is 0 Å². The van der Waals surface area contributed by atoms with Crippen molar-refractivity contribution in [2.45, 2.75) is 12.5 Å². The third kappa shape index (κ3) is 3.39. The Morgan fingerprint density at radius 2 is 2.27 bits per heavy atom. The zero-order chi connectivity index (χ0) is 15.5. The third-order valence-electron chi connectivity index (χ3n) is 3.43. The van der Waals surface area contributed by atoms with Gasteiger partial charge in [0, 0.05) is 29.7 Å². The maximum atomic E-state index is 12.6. The number of halogens is 2. The van der Waals surface area contributed by atoms with E-state index in [0.29, 0.717) is 29.6 Å². The number of hydrogen-bond donors (Lipinski definition) is 0. The number of rotatable bonds is 3. The Kier molecular flexibility index (Phi) is 4.59. The number of benzene rings is 1. The fourth-order valence-electron chi connectivity index (χ4n) is 2.36. The van der Waals surface area contributed by atoms with Gasteiger partial charge in [0.2, 0.25) is 5.88 Å². The molecule has 1 fully saturated rings. The summed E-state index contributed by atoms with van der Waals surface area (Å²) in [4.78, 5) is 14.3. The first kappa shape index (κ1) is 15.2. The van der Waals surface area contributed by atoms with Gasteiger partial charge in [0.15, 0.2) is 0 Å². The van der Waals surface area contributed by atoms with Crippen LogP contribution in [0.2, 0.25) is 5.02 Å². The molecule has 2 heterocycles. The molecule has 1 saturated heterocycles. The number of carbonyl (C=O) groups is 1. The summed E-state index contributed by atoms with van der Waals surface area (Å²) < 4.78 is 6.56. The highest BCUT2D eigenvalue weighted by Crippen LogP contribution is 2.25. The molecule has 5 nitrogen and oxygen atoms in total. The lowest BCUT2D eigenvalue weighted by molar-refractivity contribution is 0.0771. The van der Waals surface area contributed by atoms with Crippen LogP contribution in [-0.2, 0) is 0 Å². The van der Waals surface area contributed by atoms with Crippen molar-refractivity contribution in [3.8, 4) is 5.88 Å². The normalized spacial score (nSPS) is 17.5. The molecule has 0 bridgehead atoms. The van der Waals surface area contributed by atoms with Crippen molar-refractivity contribution in [3.63, 3.8) is 0 Å². The first-order valence-corrected chi connectivity index (χ1v) is 7.99. The zero-order valence-electron chi connectivity index (χ0n) is 11.6. The minimum absolute atomic E-state index is 0.0772. The third-order valence-corrected chi connectivity index (χ3v) is 4.25. The van der Waals surface area contributed by atoms with E-state index in [4.69, 9.17) is 16.3 Å². The molecule has 2 aromatic rings. The van der Waals surface area contributed by atoms with Gasteiger partial charge in [-0.3, -0.25) is 4.79 Å². The molecule has 1 aromatic carbocycles. The van der Waals surface area contributed by atoms with Gasteiger partial charge in [-0.2, -0.15) is 5.10 Å². The number of hydrogen-bond acceptors (Lipinski definition) is 4. The maximum Gasteiger partial charge on any atom is 0.255 e. The second-order valence-corrected chi connectivity index (χ2v) is 6.29. The summed E-state index contributed by atoms with van der Waals surface area (Å²) in [6, 6.07) is 8.78. The van der Waals surface area contributed by atoms with Crippen LogP contribution in [0.4, 0.5) is 0 Å². The Labute approximate surface area is 141 Å². The van der Waals surface area contributed by atoms with E-state index in [1.165, 1.54) is 0 Å². The van der Waals surface area contributed by atoms with Crippen molar-refractivity contribution >= 4 is 33.4 Å². The van der Waals surface area contributed by atoms with Crippen LogP contribution in [-0.4, -0.2) is 40.2 Å². The molecule has 0 aliphatic carbocycles. The van der Waals surface area contributed by atoms with Crippen molar-refractivity contribution in [3.05, 3.63) is 51.6 Å². The second kappa shape index (κ2) is 6.62. The molecule has 1 unspecified atom stereocenters. The predicted octanol–water partition coefficient (Wildman–Crippen LogP) is 3.19. The number of likely N-dealkylation sites (tertiary alicyclic amines) is 1. The van der Waals surface area contributed by atoms with Gasteiger partial charge in [0.25, 0.3) is 5.91 Å². The molecule has 1 aromatic heterocycles. The molecule has 0 N–H and O–H groups in total. The summed E-state index contributed by atoms with van der Waals surface area (Å²) in [5.41, 5.74) is 0.496. The molecule has 0 radical (unpaired) electrons. The average molecular weight is 383 g/mol. The average Bonchev–Trinajstić information content (AvgIpc) is 2.98. The molecule has 0 saturated carbocycles. The molecule has 1 aliphatic rings. The smallest absolute Gasteiger partial charge is 0.255 e. The highest BCUT2D eigenvalue weighted by molar-refractivity contribution is 9.10. The fraction of sp³-hybridized carbons (Fsp3) is 0.267. The van der Waals surface area contributed by atoms with Crippen LogP contribution >= 0.6 is 27.5 Å². The predicted molar refractivity (Wildman–Crippen MR) is 86.1 cm³/mol. The van der Waals surface area contributed by atoms with Gasteiger partial charge in [-0.1, -0.05) is 27.5 Å². The summed E-state index contributed by atoms with van der Waals surface area (Å²) in [7, 11) is 0. The molecule has 114 valence electrons. The van der Waals surface area contributed by atoms with Crippen LogP contribution in [0.3, 0.4) is 0 Å². The van der Waals surface area contributed by atoms with Gasteiger partial charge in [-0.15, -0.1) is 5.10 Å². The van der Waals surface area contributed by atoms with Crippen molar-refractivity contribution in [2.75, 3.05) is 13.1 Å². The minimum Gasteiger partial charge on any atom is -0.471 e. The minimum atomic E-state index is -0.0865. The van der Waals surface area contributed by atoms with E-state index in [0.717, 1.165) is 10.9 Å². The monoisotopic (exact) mass is 381 g/mol. The number of carbonyl (C=O) groups excluding carboxylic acids is 1. The van der Waals surface area contributed by atoms with Gasteiger partial charge in [0.05, 0.1) is 17.1 Å². The van der Waals surface area contributed by atoms with Crippen LogP contribution in [0, 0.1) is 0 Å². The molecular formula is C15H13BrClN3O2.